The first-order chi connectivity index (χ1) is 15.0. The third-order valence-electron chi connectivity index (χ3n) is 6.29. The number of halogens is 1. The normalized spacial score (nSPS) is 16.2. The van der Waals surface area contributed by atoms with E-state index in [9.17, 15) is 4.79 Å². The molecule has 0 spiro atoms. The molecule has 162 valence electrons. The van der Waals surface area contributed by atoms with Crippen LogP contribution in [0, 0.1) is 5.41 Å². The number of amidine groups is 1. The number of aryl methyl sites for hydroxylation is 2. The zero-order valence-corrected chi connectivity index (χ0v) is 18.7. The van der Waals surface area contributed by atoms with Crippen molar-refractivity contribution in [3.05, 3.63) is 70.4 Å². The van der Waals surface area contributed by atoms with Crippen LogP contribution in [0.25, 0.3) is 10.9 Å². The summed E-state index contributed by atoms with van der Waals surface area (Å²) in [5.74, 6) is 0.277. The largest absolute Gasteiger partial charge is 0.384 e. The maximum atomic E-state index is 13.0. The monoisotopic (exact) mass is 436 g/mol. The number of benzene rings is 2. The number of nitrogens with zero attached hydrogens (tertiary/aromatic N) is 2. The minimum atomic E-state index is 0.0899. The summed E-state index contributed by atoms with van der Waals surface area (Å²) >= 11 is 6.08. The molecule has 1 aliphatic rings. The average molecular weight is 437 g/mol. The molecule has 0 saturated carbocycles. The summed E-state index contributed by atoms with van der Waals surface area (Å²) in [5, 5.41) is 9.56. The molecular formula is C25H29ClN4O. The number of amides is 1. The fraction of sp³-hybridized carbons (Fsp3) is 0.360. The molecule has 1 unspecified atom stereocenters. The van der Waals surface area contributed by atoms with Crippen molar-refractivity contribution in [2.45, 2.75) is 51.6 Å². The molecule has 4 rings (SSSR count). The van der Waals surface area contributed by atoms with Gasteiger partial charge >= 0.3 is 0 Å². The van der Waals surface area contributed by atoms with Crippen LogP contribution < -0.4 is 5.73 Å². The Kier molecular flexibility index (Phi) is 6.33. The van der Waals surface area contributed by atoms with E-state index in [2.05, 4.69) is 22.5 Å². The molecule has 1 fully saturated rings. The summed E-state index contributed by atoms with van der Waals surface area (Å²) in [5.41, 5.74) is 9.79. The van der Waals surface area contributed by atoms with Crippen molar-refractivity contribution in [2.75, 3.05) is 6.54 Å². The minimum absolute atomic E-state index is 0.0899. The third kappa shape index (κ3) is 4.62. The number of nitrogens with one attached hydrogen (secondary N) is 1. The van der Waals surface area contributed by atoms with Gasteiger partial charge in [0.1, 0.15) is 5.84 Å². The van der Waals surface area contributed by atoms with E-state index in [1.165, 1.54) is 11.1 Å². The molecule has 1 aliphatic heterocycles. The Morgan fingerprint density at radius 3 is 2.81 bits per heavy atom. The number of nitrogen functional groups attached to an aromatic ring is 1. The summed E-state index contributed by atoms with van der Waals surface area (Å²) in [4.78, 5) is 15.0. The average Bonchev–Trinajstić information content (AvgIpc) is 3.35. The standard InChI is InChI=1S/C25H29ClN4O/c1-2-29-22(15-18-8-9-19(25(27)28)16-23(18)29)11-10-21-7-4-12-30(21)24(31)14-17-5-3-6-20(26)13-17/h3,5-6,8-9,13,15-16,21H,2,4,7,10-12,14H2,1H3,(H3,27,28). The molecule has 3 aromatic rings. The summed E-state index contributed by atoms with van der Waals surface area (Å²) in [6.07, 6.45) is 4.40. The highest BCUT2D eigenvalue weighted by atomic mass is 35.5. The summed E-state index contributed by atoms with van der Waals surface area (Å²) in [7, 11) is 0. The lowest BCUT2D eigenvalue weighted by atomic mass is 10.1. The molecule has 0 radical (unpaired) electrons. The van der Waals surface area contributed by atoms with E-state index in [-0.39, 0.29) is 17.8 Å². The molecule has 1 saturated heterocycles. The zero-order valence-electron chi connectivity index (χ0n) is 17.9. The molecule has 6 heteroatoms. The lowest BCUT2D eigenvalue weighted by molar-refractivity contribution is -0.131. The van der Waals surface area contributed by atoms with Gasteiger partial charge in [-0.05, 0) is 67.8 Å². The molecule has 0 aliphatic carbocycles. The van der Waals surface area contributed by atoms with Crippen LogP contribution in [0.3, 0.4) is 0 Å². The second kappa shape index (κ2) is 9.15. The summed E-state index contributed by atoms with van der Waals surface area (Å²) < 4.78 is 2.30. The lowest BCUT2D eigenvalue weighted by Gasteiger charge is -2.25. The first-order valence-corrected chi connectivity index (χ1v) is 11.3. The fourth-order valence-electron chi connectivity index (χ4n) is 4.76. The zero-order chi connectivity index (χ0) is 22.0. The Balaban J connectivity index is 1.47. The van der Waals surface area contributed by atoms with Crippen LogP contribution in [0.5, 0.6) is 0 Å². The van der Waals surface area contributed by atoms with Crippen LogP contribution in [0.2, 0.25) is 5.02 Å². The van der Waals surface area contributed by atoms with Gasteiger partial charge in [0.25, 0.3) is 0 Å². The number of likely N-dealkylation sites (tertiary alicyclic amines) is 1. The number of hydrogen-bond donors (Lipinski definition) is 2. The molecule has 2 aromatic carbocycles. The van der Waals surface area contributed by atoms with E-state index in [0.717, 1.165) is 55.4 Å². The molecule has 5 nitrogen and oxygen atoms in total. The van der Waals surface area contributed by atoms with Crippen LogP contribution in [-0.4, -0.2) is 33.8 Å². The van der Waals surface area contributed by atoms with Crippen molar-refractivity contribution in [2.24, 2.45) is 5.73 Å². The number of nitrogens with two attached hydrogens (primary N) is 1. The second-order valence-electron chi connectivity index (χ2n) is 8.30. The molecule has 0 bridgehead atoms. The molecule has 1 amide bonds. The Bertz CT molecular complexity index is 1120. The summed E-state index contributed by atoms with van der Waals surface area (Å²) in [6.45, 7) is 3.84. The Morgan fingerprint density at radius 2 is 2.06 bits per heavy atom. The first-order valence-electron chi connectivity index (χ1n) is 11.0. The highest BCUT2D eigenvalue weighted by molar-refractivity contribution is 6.30. The Labute approximate surface area is 188 Å². The SMILES string of the molecule is CCn1c(CCC2CCCN2C(=O)Cc2cccc(Cl)c2)cc2ccc(C(=N)N)cc21. The topological polar surface area (TPSA) is 75.1 Å². The molecular weight excluding hydrogens is 408 g/mol. The van der Waals surface area contributed by atoms with E-state index in [4.69, 9.17) is 22.7 Å². The number of aromatic nitrogens is 1. The van der Waals surface area contributed by atoms with Gasteiger partial charge in [-0.25, -0.2) is 0 Å². The van der Waals surface area contributed by atoms with E-state index >= 15 is 0 Å². The number of hydrogen-bond acceptors (Lipinski definition) is 2. The highest BCUT2D eigenvalue weighted by Gasteiger charge is 2.28. The van der Waals surface area contributed by atoms with E-state index < -0.39 is 0 Å². The number of carbonyl (C=O) groups excluding carboxylic acids is 1. The predicted octanol–water partition coefficient (Wildman–Crippen LogP) is 4.76. The highest BCUT2D eigenvalue weighted by Crippen LogP contribution is 2.27. The van der Waals surface area contributed by atoms with Gasteiger partial charge in [-0.1, -0.05) is 35.9 Å². The molecule has 3 N–H and O–H groups in total. The fourth-order valence-corrected chi connectivity index (χ4v) is 4.97. The van der Waals surface area contributed by atoms with Crippen LogP contribution in [0.15, 0.2) is 48.5 Å². The third-order valence-corrected chi connectivity index (χ3v) is 6.53. The maximum Gasteiger partial charge on any atom is 0.227 e. The van der Waals surface area contributed by atoms with Crippen molar-refractivity contribution in [3.63, 3.8) is 0 Å². The molecule has 1 aromatic heterocycles. The van der Waals surface area contributed by atoms with Crippen molar-refractivity contribution in [3.8, 4) is 0 Å². The van der Waals surface area contributed by atoms with Crippen molar-refractivity contribution >= 4 is 34.2 Å². The number of carbonyl (C=O) groups is 1. The van der Waals surface area contributed by atoms with Crippen molar-refractivity contribution < 1.29 is 4.79 Å². The molecule has 1 atom stereocenters. The minimum Gasteiger partial charge on any atom is -0.384 e. The van der Waals surface area contributed by atoms with Gasteiger partial charge in [-0.15, -0.1) is 0 Å². The number of fused-ring (bicyclic) bond motifs is 1. The Morgan fingerprint density at radius 1 is 1.23 bits per heavy atom. The Hall–Kier alpha value is -2.79. The smallest absolute Gasteiger partial charge is 0.227 e. The van der Waals surface area contributed by atoms with Gasteiger partial charge in [0.2, 0.25) is 5.91 Å². The van der Waals surface area contributed by atoms with Crippen LogP contribution in [0.4, 0.5) is 0 Å². The van der Waals surface area contributed by atoms with E-state index in [0.29, 0.717) is 11.4 Å². The van der Waals surface area contributed by atoms with Crippen molar-refractivity contribution in [1.82, 2.24) is 9.47 Å². The van der Waals surface area contributed by atoms with Crippen LogP contribution in [0.1, 0.15) is 43.0 Å². The molecule has 31 heavy (non-hydrogen) atoms. The predicted molar refractivity (Wildman–Crippen MR) is 127 cm³/mol. The van der Waals surface area contributed by atoms with Crippen molar-refractivity contribution in [1.29, 1.82) is 5.41 Å². The van der Waals surface area contributed by atoms with Gasteiger partial charge < -0.3 is 15.2 Å². The van der Waals surface area contributed by atoms with Gasteiger partial charge in [-0.2, -0.15) is 0 Å². The van der Waals surface area contributed by atoms with Gasteiger partial charge in [0, 0.05) is 40.9 Å². The van der Waals surface area contributed by atoms with E-state index in [1.807, 2.05) is 42.5 Å². The van der Waals surface area contributed by atoms with Crippen LogP contribution >= 0.6 is 11.6 Å². The maximum absolute atomic E-state index is 13.0. The van der Waals surface area contributed by atoms with Gasteiger partial charge in [-0.3, -0.25) is 10.2 Å². The first kappa shape index (κ1) is 21.4. The summed E-state index contributed by atoms with van der Waals surface area (Å²) in [6, 6.07) is 16.0. The van der Waals surface area contributed by atoms with Gasteiger partial charge in [0.05, 0.1) is 6.42 Å². The molecule has 2 heterocycles. The quantitative estimate of drug-likeness (QED) is 0.413. The van der Waals surface area contributed by atoms with Crippen LogP contribution in [-0.2, 0) is 24.2 Å². The lowest BCUT2D eigenvalue weighted by Crippen LogP contribution is -2.36. The van der Waals surface area contributed by atoms with Gasteiger partial charge in [0.15, 0.2) is 0 Å². The number of rotatable bonds is 7. The van der Waals surface area contributed by atoms with E-state index in [1.54, 1.807) is 0 Å². The second-order valence-corrected chi connectivity index (χ2v) is 8.73.